The highest BCUT2D eigenvalue weighted by Crippen LogP contribution is 2.36. The molecule has 146 valence electrons. The van der Waals surface area contributed by atoms with Gasteiger partial charge in [-0.15, -0.1) is 0 Å². The van der Waals surface area contributed by atoms with Crippen LogP contribution in [0.4, 0.5) is 5.69 Å². The van der Waals surface area contributed by atoms with E-state index in [0.717, 1.165) is 35.0 Å². The van der Waals surface area contributed by atoms with Crippen molar-refractivity contribution in [1.29, 1.82) is 0 Å². The average molecular weight is 389 g/mol. The second kappa shape index (κ2) is 7.97. The second-order valence-corrected chi connectivity index (χ2v) is 9.09. The normalized spacial score (nSPS) is 19.3. The molecule has 1 aromatic heterocycles. The van der Waals surface area contributed by atoms with Gasteiger partial charge in [-0.25, -0.2) is 4.79 Å². The number of esters is 1. The fourth-order valence-corrected chi connectivity index (χ4v) is 5.65. The van der Waals surface area contributed by atoms with E-state index in [1.165, 1.54) is 0 Å². The number of hydrogen-bond donors (Lipinski definition) is 0. The molecule has 0 amide bonds. The summed E-state index contributed by atoms with van der Waals surface area (Å²) in [6.45, 7) is 9.70. The monoisotopic (exact) mass is 388 g/mol. The first-order valence-electron chi connectivity index (χ1n) is 9.65. The van der Waals surface area contributed by atoms with E-state index >= 15 is 0 Å². The third-order valence-corrected chi connectivity index (χ3v) is 7.83. The summed E-state index contributed by atoms with van der Waals surface area (Å²) in [4.78, 5) is 19.4. The zero-order chi connectivity index (χ0) is 19.6. The maximum absolute atomic E-state index is 12.8. The summed E-state index contributed by atoms with van der Waals surface area (Å²) in [7, 11) is -0.863. The van der Waals surface area contributed by atoms with E-state index in [1.54, 1.807) is 13.1 Å². The van der Waals surface area contributed by atoms with Crippen molar-refractivity contribution in [3.05, 3.63) is 35.5 Å². The SMILES string of the molecule is CCOC(=O)c1cnc2ccc(C)cc2c1N1CCS(=O)C(CC)(CC)C1. The summed E-state index contributed by atoms with van der Waals surface area (Å²) in [5.41, 5.74) is 3.33. The molecule has 27 heavy (non-hydrogen) atoms. The summed E-state index contributed by atoms with van der Waals surface area (Å²) < 4.78 is 17.8. The van der Waals surface area contributed by atoms with Crippen molar-refractivity contribution in [2.45, 2.75) is 45.3 Å². The Hall–Kier alpha value is -1.95. The van der Waals surface area contributed by atoms with Crippen LogP contribution in [0.2, 0.25) is 0 Å². The number of rotatable bonds is 5. The van der Waals surface area contributed by atoms with Crippen LogP contribution < -0.4 is 4.90 Å². The van der Waals surface area contributed by atoms with Gasteiger partial charge in [0.15, 0.2) is 0 Å². The van der Waals surface area contributed by atoms with Crippen LogP contribution in [0.15, 0.2) is 24.4 Å². The first-order valence-corrected chi connectivity index (χ1v) is 11.0. The summed E-state index contributed by atoms with van der Waals surface area (Å²) in [6, 6.07) is 6.08. The predicted molar refractivity (Wildman–Crippen MR) is 111 cm³/mol. The first-order chi connectivity index (χ1) is 13.0. The summed E-state index contributed by atoms with van der Waals surface area (Å²) in [5.74, 6) is 0.258. The van der Waals surface area contributed by atoms with E-state index in [0.29, 0.717) is 31.0 Å². The van der Waals surface area contributed by atoms with E-state index in [4.69, 9.17) is 4.74 Å². The van der Waals surface area contributed by atoms with Crippen LogP contribution in [0.1, 0.15) is 49.5 Å². The molecule has 1 aliphatic heterocycles. The highest BCUT2D eigenvalue weighted by molar-refractivity contribution is 7.86. The molecular weight excluding hydrogens is 360 g/mol. The van der Waals surface area contributed by atoms with Crippen LogP contribution in [0.5, 0.6) is 0 Å². The van der Waals surface area contributed by atoms with Crippen molar-refractivity contribution in [3.8, 4) is 0 Å². The predicted octanol–water partition coefficient (Wildman–Crippen LogP) is 3.85. The Labute approximate surface area is 163 Å². The van der Waals surface area contributed by atoms with Gasteiger partial charge in [-0.1, -0.05) is 25.5 Å². The van der Waals surface area contributed by atoms with E-state index in [-0.39, 0.29) is 10.7 Å². The van der Waals surface area contributed by atoms with Crippen LogP contribution in [0.25, 0.3) is 10.9 Å². The van der Waals surface area contributed by atoms with E-state index < -0.39 is 10.8 Å². The van der Waals surface area contributed by atoms with Gasteiger partial charge in [0.2, 0.25) is 0 Å². The lowest BCUT2D eigenvalue weighted by molar-refractivity contribution is 0.0526. The Morgan fingerprint density at radius 3 is 2.70 bits per heavy atom. The lowest BCUT2D eigenvalue weighted by Crippen LogP contribution is -2.53. The van der Waals surface area contributed by atoms with Crippen LogP contribution in [0, 0.1) is 6.92 Å². The van der Waals surface area contributed by atoms with Crippen molar-refractivity contribution in [1.82, 2.24) is 4.98 Å². The second-order valence-electron chi connectivity index (χ2n) is 7.12. The number of anilines is 1. The molecular formula is C21H28N2O3S. The standard InChI is InChI=1S/C21H28N2O3S/c1-5-21(6-2)14-23(10-11-27(21)25)19-16-12-15(4)8-9-18(16)22-13-17(19)20(24)26-7-3/h8-9,12-13H,5-7,10-11,14H2,1-4H3. The van der Waals surface area contributed by atoms with E-state index in [1.807, 2.05) is 19.1 Å². The van der Waals surface area contributed by atoms with Crippen LogP contribution in [0.3, 0.4) is 0 Å². The maximum Gasteiger partial charge on any atom is 0.341 e. The molecule has 1 unspecified atom stereocenters. The number of pyridine rings is 1. The third-order valence-electron chi connectivity index (χ3n) is 5.60. The zero-order valence-electron chi connectivity index (χ0n) is 16.6. The molecule has 3 rings (SSSR count). The average Bonchev–Trinajstić information content (AvgIpc) is 2.68. The van der Waals surface area contributed by atoms with Crippen LogP contribution >= 0.6 is 0 Å². The molecule has 1 atom stereocenters. The van der Waals surface area contributed by atoms with Crippen molar-refractivity contribution in [2.75, 3.05) is 30.3 Å². The maximum atomic E-state index is 12.8. The molecule has 0 spiro atoms. The molecule has 0 saturated carbocycles. The molecule has 1 fully saturated rings. The minimum absolute atomic E-state index is 0.246. The zero-order valence-corrected chi connectivity index (χ0v) is 17.4. The molecule has 1 aliphatic rings. The minimum Gasteiger partial charge on any atom is -0.462 e. The molecule has 2 aromatic rings. The number of ether oxygens (including phenoxy) is 1. The molecule has 0 N–H and O–H groups in total. The first kappa shape index (κ1) is 19.8. The molecule has 0 aliphatic carbocycles. The Balaban J connectivity index is 2.18. The van der Waals surface area contributed by atoms with Crippen molar-refractivity contribution >= 4 is 33.4 Å². The Morgan fingerprint density at radius 1 is 1.30 bits per heavy atom. The number of benzene rings is 1. The number of fused-ring (bicyclic) bond motifs is 1. The number of aryl methyl sites for hydroxylation is 1. The summed E-state index contributed by atoms with van der Waals surface area (Å²) in [6.07, 6.45) is 3.32. The quantitative estimate of drug-likeness (QED) is 0.728. The van der Waals surface area contributed by atoms with Gasteiger partial charge < -0.3 is 9.64 Å². The van der Waals surface area contributed by atoms with Crippen LogP contribution in [-0.2, 0) is 15.5 Å². The van der Waals surface area contributed by atoms with Crippen molar-refractivity contribution in [3.63, 3.8) is 0 Å². The largest absolute Gasteiger partial charge is 0.462 e. The number of nitrogens with zero attached hydrogens (tertiary/aromatic N) is 2. The molecule has 0 bridgehead atoms. The Morgan fingerprint density at radius 2 is 2.04 bits per heavy atom. The molecule has 2 heterocycles. The van der Waals surface area contributed by atoms with E-state index in [2.05, 4.69) is 29.8 Å². The Bertz CT molecular complexity index is 877. The molecule has 1 saturated heterocycles. The van der Waals surface area contributed by atoms with Gasteiger partial charge in [0, 0.05) is 41.2 Å². The van der Waals surface area contributed by atoms with Gasteiger partial charge in [0.25, 0.3) is 0 Å². The van der Waals surface area contributed by atoms with Crippen LogP contribution in [-0.4, -0.2) is 45.4 Å². The van der Waals surface area contributed by atoms with Gasteiger partial charge in [0.1, 0.15) is 5.56 Å². The van der Waals surface area contributed by atoms with Gasteiger partial charge >= 0.3 is 5.97 Å². The third kappa shape index (κ3) is 3.59. The lowest BCUT2D eigenvalue weighted by atomic mass is 9.99. The minimum atomic E-state index is -0.863. The summed E-state index contributed by atoms with van der Waals surface area (Å²) in [5, 5.41) is 0.953. The fraction of sp³-hybridized carbons (Fsp3) is 0.524. The highest BCUT2D eigenvalue weighted by atomic mass is 32.2. The summed E-state index contributed by atoms with van der Waals surface area (Å²) >= 11 is 0. The van der Waals surface area contributed by atoms with Crippen molar-refractivity contribution in [2.24, 2.45) is 0 Å². The Kier molecular flexibility index (Phi) is 5.84. The number of aromatic nitrogens is 1. The molecule has 6 heteroatoms. The van der Waals surface area contributed by atoms with Gasteiger partial charge in [0.05, 0.1) is 22.6 Å². The topological polar surface area (TPSA) is 59.5 Å². The number of carbonyl (C=O) groups is 1. The smallest absolute Gasteiger partial charge is 0.341 e. The van der Waals surface area contributed by atoms with E-state index in [9.17, 15) is 9.00 Å². The number of hydrogen-bond acceptors (Lipinski definition) is 5. The van der Waals surface area contributed by atoms with Gasteiger partial charge in [-0.3, -0.25) is 9.19 Å². The van der Waals surface area contributed by atoms with Crippen molar-refractivity contribution < 1.29 is 13.7 Å². The number of carbonyl (C=O) groups excluding carboxylic acids is 1. The van der Waals surface area contributed by atoms with Gasteiger partial charge in [-0.05, 0) is 38.8 Å². The fourth-order valence-electron chi connectivity index (χ4n) is 3.89. The highest BCUT2D eigenvalue weighted by Gasteiger charge is 2.40. The molecule has 5 nitrogen and oxygen atoms in total. The van der Waals surface area contributed by atoms with Gasteiger partial charge in [-0.2, -0.15) is 0 Å². The molecule has 1 aromatic carbocycles. The lowest BCUT2D eigenvalue weighted by Gasteiger charge is -2.43. The molecule has 0 radical (unpaired) electrons.